The Morgan fingerprint density at radius 1 is 1.44 bits per heavy atom. The van der Waals surface area contributed by atoms with E-state index in [1.165, 1.54) is 0 Å². The molecular weight excluding hydrogens is 225 g/mol. The number of halogens is 2. The van der Waals surface area contributed by atoms with Crippen LogP contribution in [0.3, 0.4) is 0 Å². The van der Waals surface area contributed by atoms with E-state index in [2.05, 4.69) is 0 Å². The van der Waals surface area contributed by atoms with E-state index in [-0.39, 0.29) is 10.8 Å². The van der Waals surface area contributed by atoms with E-state index in [4.69, 9.17) is 17.3 Å². The van der Waals surface area contributed by atoms with Gasteiger partial charge in [0.05, 0.1) is 5.02 Å². The van der Waals surface area contributed by atoms with Crippen LogP contribution in [-0.4, -0.2) is 6.04 Å². The lowest BCUT2D eigenvalue weighted by Crippen LogP contribution is -2.37. The molecule has 1 nitrogen and oxygen atoms in total. The van der Waals surface area contributed by atoms with Crippen LogP contribution < -0.4 is 5.73 Å². The molecule has 1 aromatic rings. The summed E-state index contributed by atoms with van der Waals surface area (Å²) in [6.45, 7) is 1.94. The maximum atomic E-state index is 13.5. The van der Waals surface area contributed by atoms with Gasteiger partial charge in [-0.05, 0) is 48.8 Å². The summed E-state index contributed by atoms with van der Waals surface area (Å²) in [5, 5.41) is 0.248. The van der Waals surface area contributed by atoms with Crippen LogP contribution in [0, 0.1) is 11.7 Å². The summed E-state index contributed by atoms with van der Waals surface area (Å²) < 4.78 is 13.5. The zero-order chi connectivity index (χ0) is 11.7. The van der Waals surface area contributed by atoms with Crippen LogP contribution in [0.25, 0.3) is 0 Å². The fourth-order valence-corrected chi connectivity index (χ4v) is 2.63. The molecule has 1 fully saturated rings. The minimum atomic E-state index is -0.266. The fraction of sp³-hybridized carbons (Fsp3) is 0.538. The SMILES string of the molecule is CCc1cc(CC2CC(N)C2)cc(Cl)c1F. The molecule has 1 aliphatic carbocycles. The lowest BCUT2D eigenvalue weighted by atomic mass is 9.77. The van der Waals surface area contributed by atoms with Crippen LogP contribution in [0.1, 0.15) is 30.9 Å². The first-order valence-corrected chi connectivity index (χ1v) is 6.20. The largest absolute Gasteiger partial charge is 0.328 e. The molecule has 0 unspecified atom stereocenters. The van der Waals surface area contributed by atoms with Gasteiger partial charge in [-0.25, -0.2) is 4.39 Å². The van der Waals surface area contributed by atoms with Crippen molar-refractivity contribution in [2.45, 2.75) is 38.6 Å². The normalized spacial score (nSPS) is 24.2. The molecule has 2 N–H and O–H groups in total. The van der Waals surface area contributed by atoms with Gasteiger partial charge in [0.15, 0.2) is 0 Å². The quantitative estimate of drug-likeness (QED) is 0.863. The zero-order valence-corrected chi connectivity index (χ0v) is 10.2. The van der Waals surface area contributed by atoms with Crippen LogP contribution in [0.4, 0.5) is 4.39 Å². The first-order chi connectivity index (χ1) is 7.60. The Morgan fingerprint density at radius 3 is 2.69 bits per heavy atom. The van der Waals surface area contributed by atoms with Crippen molar-refractivity contribution in [3.63, 3.8) is 0 Å². The van der Waals surface area contributed by atoms with Crippen LogP contribution in [0.2, 0.25) is 5.02 Å². The molecule has 1 aliphatic rings. The maximum absolute atomic E-state index is 13.5. The predicted molar refractivity (Wildman–Crippen MR) is 65.2 cm³/mol. The van der Waals surface area contributed by atoms with Gasteiger partial charge in [0.1, 0.15) is 5.82 Å². The number of hydrogen-bond donors (Lipinski definition) is 1. The molecule has 0 amide bonds. The third kappa shape index (κ3) is 2.38. The summed E-state index contributed by atoms with van der Waals surface area (Å²) in [6, 6.07) is 4.05. The van der Waals surface area contributed by atoms with Gasteiger partial charge in [0, 0.05) is 6.04 Å². The van der Waals surface area contributed by atoms with Crippen LogP contribution >= 0.6 is 11.6 Å². The van der Waals surface area contributed by atoms with Gasteiger partial charge in [-0.15, -0.1) is 0 Å². The minimum absolute atomic E-state index is 0.248. The second-order valence-electron chi connectivity index (χ2n) is 4.71. The summed E-state index contributed by atoms with van der Waals surface area (Å²) in [6.07, 6.45) is 3.82. The molecule has 0 aliphatic heterocycles. The highest BCUT2D eigenvalue weighted by Gasteiger charge is 2.26. The number of nitrogens with two attached hydrogens (primary N) is 1. The Kier molecular flexibility index (Phi) is 3.50. The van der Waals surface area contributed by atoms with E-state index in [1.54, 1.807) is 6.07 Å². The average Bonchev–Trinajstić information content (AvgIpc) is 2.21. The van der Waals surface area contributed by atoms with Crippen LogP contribution in [0.5, 0.6) is 0 Å². The summed E-state index contributed by atoms with van der Waals surface area (Å²) in [7, 11) is 0. The van der Waals surface area contributed by atoms with E-state index >= 15 is 0 Å². The molecule has 1 saturated carbocycles. The molecule has 0 radical (unpaired) electrons. The van der Waals surface area contributed by atoms with Gasteiger partial charge in [-0.3, -0.25) is 0 Å². The van der Waals surface area contributed by atoms with Crippen molar-refractivity contribution in [1.29, 1.82) is 0 Å². The average molecular weight is 242 g/mol. The topological polar surface area (TPSA) is 26.0 Å². The monoisotopic (exact) mass is 241 g/mol. The standard InChI is InChI=1S/C13H17ClFN/c1-2-10-4-8(7-12(14)13(10)15)3-9-5-11(16)6-9/h4,7,9,11H,2-3,5-6,16H2,1H3. The molecule has 0 spiro atoms. The minimum Gasteiger partial charge on any atom is -0.328 e. The van der Waals surface area contributed by atoms with Crippen molar-refractivity contribution in [2.75, 3.05) is 0 Å². The number of hydrogen-bond acceptors (Lipinski definition) is 1. The molecule has 0 heterocycles. The molecule has 16 heavy (non-hydrogen) atoms. The first-order valence-electron chi connectivity index (χ1n) is 5.82. The van der Waals surface area contributed by atoms with Gasteiger partial charge in [-0.2, -0.15) is 0 Å². The van der Waals surface area contributed by atoms with E-state index in [0.717, 1.165) is 24.8 Å². The second kappa shape index (κ2) is 4.72. The highest BCUT2D eigenvalue weighted by Crippen LogP contribution is 2.31. The van der Waals surface area contributed by atoms with Crippen molar-refractivity contribution >= 4 is 11.6 Å². The van der Waals surface area contributed by atoms with Crippen molar-refractivity contribution in [2.24, 2.45) is 11.7 Å². The first kappa shape index (κ1) is 11.9. The summed E-state index contributed by atoms with van der Waals surface area (Å²) in [5.41, 5.74) is 7.60. The number of aryl methyl sites for hydroxylation is 1. The summed E-state index contributed by atoms with van der Waals surface area (Å²) in [4.78, 5) is 0. The van der Waals surface area contributed by atoms with Crippen molar-refractivity contribution in [3.05, 3.63) is 34.1 Å². The molecule has 88 valence electrons. The highest BCUT2D eigenvalue weighted by atomic mass is 35.5. The molecule has 2 rings (SSSR count). The smallest absolute Gasteiger partial charge is 0.144 e. The van der Waals surface area contributed by atoms with Gasteiger partial charge < -0.3 is 5.73 Å². The Hall–Kier alpha value is -0.600. The zero-order valence-electron chi connectivity index (χ0n) is 9.47. The Labute approximate surface area is 101 Å². The van der Waals surface area contributed by atoms with Crippen molar-refractivity contribution in [3.8, 4) is 0 Å². The summed E-state index contributed by atoms with van der Waals surface area (Å²) in [5.74, 6) is 0.388. The fourth-order valence-electron chi connectivity index (χ4n) is 2.37. The Balaban J connectivity index is 2.12. The number of benzene rings is 1. The van der Waals surface area contributed by atoms with E-state index in [1.807, 2.05) is 13.0 Å². The molecule has 0 bridgehead atoms. The Morgan fingerprint density at radius 2 is 2.12 bits per heavy atom. The molecule has 0 aromatic heterocycles. The van der Waals surface area contributed by atoms with E-state index in [9.17, 15) is 4.39 Å². The van der Waals surface area contributed by atoms with Gasteiger partial charge in [0.25, 0.3) is 0 Å². The molecule has 0 saturated heterocycles. The molecule has 0 atom stereocenters. The van der Waals surface area contributed by atoms with E-state index in [0.29, 0.717) is 23.9 Å². The maximum Gasteiger partial charge on any atom is 0.144 e. The van der Waals surface area contributed by atoms with Crippen molar-refractivity contribution < 1.29 is 4.39 Å². The lowest BCUT2D eigenvalue weighted by molar-refractivity contribution is 0.264. The second-order valence-corrected chi connectivity index (χ2v) is 5.11. The third-order valence-electron chi connectivity index (χ3n) is 3.34. The van der Waals surface area contributed by atoms with Crippen LogP contribution in [-0.2, 0) is 12.8 Å². The predicted octanol–water partition coefficient (Wildman–Crippen LogP) is 3.32. The van der Waals surface area contributed by atoms with Gasteiger partial charge in [-0.1, -0.05) is 24.6 Å². The van der Waals surface area contributed by atoms with E-state index < -0.39 is 0 Å². The summed E-state index contributed by atoms with van der Waals surface area (Å²) >= 11 is 5.87. The van der Waals surface area contributed by atoms with Crippen LogP contribution in [0.15, 0.2) is 12.1 Å². The number of rotatable bonds is 3. The van der Waals surface area contributed by atoms with Crippen molar-refractivity contribution in [1.82, 2.24) is 0 Å². The molecule has 1 aromatic carbocycles. The van der Waals surface area contributed by atoms with Gasteiger partial charge in [0.2, 0.25) is 0 Å². The third-order valence-corrected chi connectivity index (χ3v) is 3.62. The molecular formula is C13H17ClFN. The molecule has 3 heteroatoms. The Bertz CT molecular complexity index is 386. The van der Waals surface area contributed by atoms with Gasteiger partial charge >= 0.3 is 0 Å². The highest BCUT2D eigenvalue weighted by molar-refractivity contribution is 6.30. The lowest BCUT2D eigenvalue weighted by Gasteiger charge is -2.32.